The van der Waals surface area contributed by atoms with E-state index in [9.17, 15) is 4.79 Å². The summed E-state index contributed by atoms with van der Waals surface area (Å²) in [5, 5.41) is 11.3. The first-order valence-electron chi connectivity index (χ1n) is 6.08. The van der Waals surface area contributed by atoms with Gasteiger partial charge in [-0.15, -0.1) is 0 Å². The van der Waals surface area contributed by atoms with Crippen molar-refractivity contribution in [3.05, 3.63) is 65.7 Å². The molecule has 1 amide bonds. The fourth-order valence-corrected chi connectivity index (χ4v) is 1.88. The highest BCUT2D eigenvalue weighted by molar-refractivity contribution is 5.92. The van der Waals surface area contributed by atoms with Gasteiger partial charge in [-0.2, -0.15) is 5.26 Å². The van der Waals surface area contributed by atoms with Crippen LogP contribution in [-0.2, 0) is 11.2 Å². The third-order valence-electron chi connectivity index (χ3n) is 2.77. The van der Waals surface area contributed by atoms with Crippen molar-refractivity contribution in [1.29, 1.82) is 5.26 Å². The Morgan fingerprint density at radius 1 is 1.05 bits per heavy atom. The van der Waals surface area contributed by atoms with Gasteiger partial charge in [-0.1, -0.05) is 48.5 Å². The first-order chi connectivity index (χ1) is 9.29. The van der Waals surface area contributed by atoms with E-state index in [0.717, 1.165) is 17.7 Å². The molecule has 0 unspecified atom stereocenters. The van der Waals surface area contributed by atoms with Crippen LogP contribution in [0.4, 0.5) is 5.69 Å². The van der Waals surface area contributed by atoms with Crippen LogP contribution in [0.15, 0.2) is 54.6 Å². The van der Waals surface area contributed by atoms with Crippen LogP contribution < -0.4 is 5.32 Å². The molecule has 0 bridgehead atoms. The maximum absolute atomic E-state index is 11.5. The molecular weight excluding hydrogens is 236 g/mol. The Morgan fingerprint density at radius 2 is 1.74 bits per heavy atom. The summed E-state index contributed by atoms with van der Waals surface area (Å²) >= 11 is 0. The number of hydrogen-bond donors (Lipinski definition) is 1. The number of hydrogen-bond acceptors (Lipinski definition) is 2. The average Bonchev–Trinajstić information content (AvgIpc) is 2.42. The summed E-state index contributed by atoms with van der Waals surface area (Å²) in [6, 6.07) is 19.6. The molecule has 3 nitrogen and oxygen atoms in total. The first kappa shape index (κ1) is 12.8. The van der Waals surface area contributed by atoms with Gasteiger partial charge in [-0.05, 0) is 23.6 Å². The van der Waals surface area contributed by atoms with Crippen LogP contribution in [0.5, 0.6) is 0 Å². The number of rotatable bonds is 4. The van der Waals surface area contributed by atoms with Gasteiger partial charge in [-0.25, -0.2) is 0 Å². The van der Waals surface area contributed by atoms with E-state index in [1.165, 1.54) is 5.56 Å². The van der Waals surface area contributed by atoms with Crippen molar-refractivity contribution < 1.29 is 4.79 Å². The number of amides is 1. The summed E-state index contributed by atoms with van der Waals surface area (Å²) in [4.78, 5) is 11.5. The molecule has 2 rings (SSSR count). The molecule has 0 aromatic heterocycles. The van der Waals surface area contributed by atoms with Crippen LogP contribution in [0.1, 0.15) is 17.5 Å². The highest BCUT2D eigenvalue weighted by atomic mass is 16.1. The number of carbonyl (C=O) groups excluding carboxylic acids is 1. The Morgan fingerprint density at radius 3 is 2.47 bits per heavy atom. The Bertz CT molecular complexity index is 600. The van der Waals surface area contributed by atoms with Crippen molar-refractivity contribution in [1.82, 2.24) is 0 Å². The number of nitriles is 1. The lowest BCUT2D eigenvalue weighted by Crippen LogP contribution is -2.11. The van der Waals surface area contributed by atoms with Gasteiger partial charge in [0.25, 0.3) is 0 Å². The van der Waals surface area contributed by atoms with Crippen molar-refractivity contribution in [3.63, 3.8) is 0 Å². The van der Waals surface area contributed by atoms with Crippen LogP contribution in [0.3, 0.4) is 0 Å². The molecule has 0 radical (unpaired) electrons. The number of benzene rings is 2. The van der Waals surface area contributed by atoms with Crippen LogP contribution in [-0.4, -0.2) is 5.91 Å². The normalized spacial score (nSPS) is 9.63. The minimum Gasteiger partial charge on any atom is -0.325 e. The molecular formula is C16H14N2O. The Hall–Kier alpha value is -2.60. The first-order valence-corrected chi connectivity index (χ1v) is 6.08. The molecule has 0 aliphatic heterocycles. The van der Waals surface area contributed by atoms with Crippen molar-refractivity contribution in [2.75, 3.05) is 5.32 Å². The maximum atomic E-state index is 11.5. The quantitative estimate of drug-likeness (QED) is 0.906. The van der Waals surface area contributed by atoms with Gasteiger partial charge < -0.3 is 5.32 Å². The minimum absolute atomic E-state index is 0.125. The summed E-state index contributed by atoms with van der Waals surface area (Å²) in [5.41, 5.74) is 3.00. The second-order valence-corrected chi connectivity index (χ2v) is 4.20. The van der Waals surface area contributed by atoms with Crippen molar-refractivity contribution in [3.8, 4) is 6.07 Å². The maximum Gasteiger partial charge on any atom is 0.238 e. The van der Waals surface area contributed by atoms with E-state index >= 15 is 0 Å². The number of carbonyl (C=O) groups is 1. The van der Waals surface area contributed by atoms with E-state index in [-0.39, 0.29) is 12.3 Å². The number of anilines is 1. The van der Waals surface area contributed by atoms with Gasteiger partial charge in [-0.3, -0.25) is 4.79 Å². The molecule has 1 N–H and O–H groups in total. The molecule has 0 aliphatic carbocycles. The van der Waals surface area contributed by atoms with Crippen LogP contribution >= 0.6 is 0 Å². The SMILES string of the molecule is N#CCC(=O)Nc1ccccc1Cc1ccccc1. The van der Waals surface area contributed by atoms with Gasteiger partial charge in [0.1, 0.15) is 6.42 Å². The highest BCUT2D eigenvalue weighted by Gasteiger charge is 2.06. The average molecular weight is 250 g/mol. The van der Waals surface area contributed by atoms with E-state index in [0.29, 0.717) is 0 Å². The van der Waals surface area contributed by atoms with Gasteiger partial charge in [0.15, 0.2) is 0 Å². The van der Waals surface area contributed by atoms with E-state index in [1.807, 2.05) is 60.7 Å². The summed E-state index contributed by atoms with van der Waals surface area (Å²) in [6.45, 7) is 0. The van der Waals surface area contributed by atoms with Crippen molar-refractivity contribution >= 4 is 11.6 Å². The van der Waals surface area contributed by atoms with Crippen LogP contribution in [0.2, 0.25) is 0 Å². The molecule has 3 heteroatoms. The van der Waals surface area contributed by atoms with Gasteiger partial charge >= 0.3 is 0 Å². The molecule has 0 saturated heterocycles. The summed E-state index contributed by atoms with van der Waals surface area (Å²) in [6.07, 6.45) is 0.628. The van der Waals surface area contributed by atoms with Crippen molar-refractivity contribution in [2.45, 2.75) is 12.8 Å². The predicted octanol–water partition coefficient (Wildman–Crippen LogP) is 3.13. The zero-order valence-corrected chi connectivity index (χ0v) is 10.5. The third-order valence-corrected chi connectivity index (χ3v) is 2.77. The molecule has 0 spiro atoms. The molecule has 0 fully saturated rings. The summed E-state index contributed by atoms with van der Waals surface area (Å²) in [7, 11) is 0. The lowest BCUT2D eigenvalue weighted by atomic mass is 10.0. The van der Waals surface area contributed by atoms with Crippen LogP contribution in [0, 0.1) is 11.3 Å². The van der Waals surface area contributed by atoms with Crippen LogP contribution in [0.25, 0.3) is 0 Å². The highest BCUT2D eigenvalue weighted by Crippen LogP contribution is 2.19. The number of para-hydroxylation sites is 1. The third kappa shape index (κ3) is 3.68. The van der Waals surface area contributed by atoms with Gasteiger partial charge in [0.2, 0.25) is 5.91 Å². The molecule has 2 aromatic carbocycles. The fourth-order valence-electron chi connectivity index (χ4n) is 1.88. The van der Waals surface area contributed by atoms with E-state index in [2.05, 4.69) is 5.32 Å². The topological polar surface area (TPSA) is 52.9 Å². The predicted molar refractivity (Wildman–Crippen MR) is 74.5 cm³/mol. The molecule has 2 aromatic rings. The van der Waals surface area contributed by atoms with Gasteiger partial charge in [0, 0.05) is 5.69 Å². The molecule has 94 valence electrons. The monoisotopic (exact) mass is 250 g/mol. The Balaban J connectivity index is 2.17. The second kappa shape index (κ2) is 6.36. The smallest absolute Gasteiger partial charge is 0.238 e. The zero-order valence-electron chi connectivity index (χ0n) is 10.5. The molecule has 0 aliphatic rings. The largest absolute Gasteiger partial charge is 0.325 e. The lowest BCUT2D eigenvalue weighted by molar-refractivity contribution is -0.115. The minimum atomic E-state index is -0.275. The zero-order chi connectivity index (χ0) is 13.5. The molecule has 0 atom stereocenters. The Kier molecular flexibility index (Phi) is 4.30. The number of nitrogens with one attached hydrogen (secondary N) is 1. The van der Waals surface area contributed by atoms with E-state index in [1.54, 1.807) is 0 Å². The standard InChI is InChI=1S/C16H14N2O/c17-11-10-16(19)18-15-9-5-4-8-14(15)12-13-6-2-1-3-7-13/h1-9H,10,12H2,(H,18,19). The molecule has 0 saturated carbocycles. The fraction of sp³-hybridized carbons (Fsp3) is 0.125. The molecule has 0 heterocycles. The van der Waals surface area contributed by atoms with E-state index in [4.69, 9.17) is 5.26 Å². The second-order valence-electron chi connectivity index (χ2n) is 4.20. The van der Waals surface area contributed by atoms with E-state index < -0.39 is 0 Å². The van der Waals surface area contributed by atoms with Crippen molar-refractivity contribution in [2.24, 2.45) is 0 Å². The Labute approximate surface area is 112 Å². The summed E-state index contributed by atoms with van der Waals surface area (Å²) < 4.78 is 0. The lowest BCUT2D eigenvalue weighted by Gasteiger charge is -2.10. The van der Waals surface area contributed by atoms with Gasteiger partial charge in [0.05, 0.1) is 6.07 Å². The molecule has 19 heavy (non-hydrogen) atoms. The summed E-state index contributed by atoms with van der Waals surface area (Å²) in [5.74, 6) is -0.275. The number of nitrogens with zero attached hydrogens (tertiary/aromatic N) is 1.